The van der Waals surface area contributed by atoms with Crippen molar-refractivity contribution in [3.05, 3.63) is 39.3 Å². The van der Waals surface area contributed by atoms with Crippen molar-refractivity contribution in [3.63, 3.8) is 0 Å². The van der Waals surface area contributed by atoms with Crippen LogP contribution in [0.15, 0.2) is 17.5 Å². The van der Waals surface area contributed by atoms with Gasteiger partial charge in [0.05, 0.1) is 23.4 Å². The zero-order valence-corrected chi connectivity index (χ0v) is 16.7. The van der Waals surface area contributed by atoms with Gasteiger partial charge in [-0.2, -0.15) is 13.2 Å². The standard InChI is InChI=1S/C19H24F3N3O2S/c1-4-6-27-15-8-14(26)12(7-11(15)5-2)17-16(13-9-28-10(3)23-13)18(25-24-17)19(20,21)22/h7-9,16-18,24-26H,4-6H2,1-3H3. The van der Waals surface area contributed by atoms with Gasteiger partial charge in [0.25, 0.3) is 0 Å². The van der Waals surface area contributed by atoms with E-state index in [2.05, 4.69) is 15.8 Å². The zero-order chi connectivity index (χ0) is 20.5. The molecule has 2 heterocycles. The number of nitrogens with one attached hydrogen (secondary N) is 2. The highest BCUT2D eigenvalue weighted by Gasteiger charge is 2.53. The van der Waals surface area contributed by atoms with Gasteiger partial charge in [0.1, 0.15) is 17.5 Å². The van der Waals surface area contributed by atoms with Gasteiger partial charge >= 0.3 is 6.18 Å². The lowest BCUT2D eigenvalue weighted by atomic mass is 9.85. The maximum Gasteiger partial charge on any atom is 0.405 e. The molecule has 0 spiro atoms. The van der Waals surface area contributed by atoms with E-state index in [4.69, 9.17) is 4.74 Å². The van der Waals surface area contributed by atoms with Crippen LogP contribution >= 0.6 is 11.3 Å². The Morgan fingerprint density at radius 3 is 2.57 bits per heavy atom. The number of aromatic nitrogens is 1. The molecule has 0 saturated carbocycles. The van der Waals surface area contributed by atoms with Crippen LogP contribution in [0.4, 0.5) is 13.2 Å². The minimum Gasteiger partial charge on any atom is -0.507 e. The number of hydrogen-bond acceptors (Lipinski definition) is 6. The topological polar surface area (TPSA) is 66.4 Å². The van der Waals surface area contributed by atoms with E-state index < -0.39 is 24.2 Å². The first-order valence-corrected chi connectivity index (χ1v) is 10.1. The molecule has 154 valence electrons. The van der Waals surface area contributed by atoms with Crippen LogP contribution < -0.4 is 15.6 Å². The van der Waals surface area contributed by atoms with Crippen LogP contribution in [0.5, 0.6) is 11.5 Å². The fourth-order valence-corrected chi connectivity index (χ4v) is 4.15. The molecule has 3 atom stereocenters. The summed E-state index contributed by atoms with van der Waals surface area (Å²) >= 11 is 1.31. The fourth-order valence-electron chi connectivity index (χ4n) is 3.49. The molecule has 3 N–H and O–H groups in total. The van der Waals surface area contributed by atoms with Crippen molar-refractivity contribution >= 4 is 11.3 Å². The van der Waals surface area contributed by atoms with E-state index >= 15 is 0 Å². The number of alkyl halides is 3. The lowest BCUT2D eigenvalue weighted by molar-refractivity contribution is -0.156. The van der Waals surface area contributed by atoms with Gasteiger partial charge < -0.3 is 9.84 Å². The Bertz CT molecular complexity index is 825. The predicted molar refractivity (Wildman–Crippen MR) is 102 cm³/mol. The number of thiazole rings is 1. The highest BCUT2D eigenvalue weighted by atomic mass is 32.1. The van der Waals surface area contributed by atoms with E-state index in [1.807, 2.05) is 13.8 Å². The van der Waals surface area contributed by atoms with Crippen LogP contribution in [0, 0.1) is 6.92 Å². The van der Waals surface area contributed by atoms with E-state index in [1.165, 1.54) is 17.4 Å². The fraction of sp³-hybridized carbons (Fsp3) is 0.526. The largest absolute Gasteiger partial charge is 0.507 e. The van der Waals surface area contributed by atoms with Crippen LogP contribution in [0.2, 0.25) is 0 Å². The number of hydrogen-bond donors (Lipinski definition) is 3. The molecule has 1 saturated heterocycles. The molecule has 2 aromatic rings. The van der Waals surface area contributed by atoms with E-state index in [1.54, 1.807) is 18.4 Å². The zero-order valence-electron chi connectivity index (χ0n) is 15.9. The Hall–Kier alpha value is -1.84. The van der Waals surface area contributed by atoms with Crippen LogP contribution in [-0.2, 0) is 6.42 Å². The average Bonchev–Trinajstić information content (AvgIpc) is 3.25. The molecule has 3 rings (SSSR count). The quantitative estimate of drug-likeness (QED) is 0.654. The van der Waals surface area contributed by atoms with Gasteiger partial charge in [-0.05, 0) is 31.4 Å². The SMILES string of the molecule is CCCOc1cc(O)c(C2NNC(C(F)(F)F)C2c2csc(C)n2)cc1CC. The third-order valence-corrected chi connectivity index (χ3v) is 5.62. The normalized spacial score (nSPS) is 22.6. The molecular formula is C19H24F3N3O2S. The summed E-state index contributed by atoms with van der Waals surface area (Å²) in [5.41, 5.74) is 6.70. The highest BCUT2D eigenvalue weighted by molar-refractivity contribution is 7.09. The van der Waals surface area contributed by atoms with Gasteiger partial charge in [-0.1, -0.05) is 13.8 Å². The molecule has 1 aliphatic rings. The molecule has 1 fully saturated rings. The van der Waals surface area contributed by atoms with Gasteiger partial charge in [0.15, 0.2) is 0 Å². The van der Waals surface area contributed by atoms with Crippen molar-refractivity contribution in [3.8, 4) is 11.5 Å². The molecule has 0 radical (unpaired) electrons. The molecule has 3 unspecified atom stereocenters. The Balaban J connectivity index is 2.03. The first-order chi connectivity index (χ1) is 13.3. The predicted octanol–water partition coefficient (Wildman–Crippen LogP) is 4.37. The van der Waals surface area contributed by atoms with Gasteiger partial charge in [0.2, 0.25) is 0 Å². The van der Waals surface area contributed by atoms with Crippen molar-refractivity contribution in [1.29, 1.82) is 0 Å². The molecule has 5 nitrogen and oxygen atoms in total. The Morgan fingerprint density at radius 2 is 2.00 bits per heavy atom. The number of nitrogens with zero attached hydrogens (tertiary/aromatic N) is 1. The van der Waals surface area contributed by atoms with Crippen LogP contribution in [0.25, 0.3) is 0 Å². The van der Waals surface area contributed by atoms with Gasteiger partial charge in [-0.3, -0.25) is 0 Å². The smallest absolute Gasteiger partial charge is 0.405 e. The summed E-state index contributed by atoms with van der Waals surface area (Å²) in [6.45, 7) is 6.18. The average molecular weight is 415 g/mol. The van der Waals surface area contributed by atoms with Crippen LogP contribution in [-0.4, -0.2) is 28.9 Å². The molecular weight excluding hydrogens is 391 g/mol. The number of ether oxygens (including phenoxy) is 1. The number of aryl methyl sites for hydroxylation is 2. The van der Waals surface area contributed by atoms with Crippen molar-refractivity contribution in [2.45, 2.75) is 57.8 Å². The molecule has 1 aliphatic heterocycles. The number of aromatic hydroxyl groups is 1. The monoisotopic (exact) mass is 415 g/mol. The number of hydrazine groups is 1. The molecule has 0 amide bonds. The summed E-state index contributed by atoms with van der Waals surface area (Å²) in [5, 5.41) is 12.9. The van der Waals surface area contributed by atoms with Gasteiger partial charge in [-0.15, -0.1) is 11.3 Å². The second kappa shape index (κ2) is 8.26. The van der Waals surface area contributed by atoms with Crippen molar-refractivity contribution in [2.24, 2.45) is 0 Å². The van der Waals surface area contributed by atoms with Crippen molar-refractivity contribution < 1.29 is 23.0 Å². The number of rotatable bonds is 6. The van der Waals surface area contributed by atoms with Crippen LogP contribution in [0.3, 0.4) is 0 Å². The van der Waals surface area contributed by atoms with Crippen molar-refractivity contribution in [1.82, 2.24) is 15.8 Å². The van der Waals surface area contributed by atoms with E-state index in [0.717, 1.165) is 12.0 Å². The highest BCUT2D eigenvalue weighted by Crippen LogP contribution is 2.46. The summed E-state index contributed by atoms with van der Waals surface area (Å²) in [6, 6.07) is 0.638. The van der Waals surface area contributed by atoms with E-state index in [-0.39, 0.29) is 5.75 Å². The molecule has 1 aromatic carbocycles. The maximum absolute atomic E-state index is 13.6. The Kier molecular flexibility index (Phi) is 6.16. The Labute approximate surface area is 165 Å². The van der Waals surface area contributed by atoms with Gasteiger partial charge in [0, 0.05) is 22.9 Å². The number of benzene rings is 1. The first-order valence-electron chi connectivity index (χ1n) is 9.24. The minimum atomic E-state index is -4.46. The summed E-state index contributed by atoms with van der Waals surface area (Å²) in [4.78, 5) is 4.29. The molecule has 1 aromatic heterocycles. The summed E-state index contributed by atoms with van der Waals surface area (Å²) in [6.07, 6.45) is -3.01. The minimum absolute atomic E-state index is 0.0950. The summed E-state index contributed by atoms with van der Waals surface area (Å²) < 4.78 is 46.6. The molecule has 9 heteroatoms. The number of phenolic OH excluding ortho intramolecular Hbond substituents is 1. The second-order valence-electron chi connectivity index (χ2n) is 6.82. The Morgan fingerprint density at radius 1 is 1.25 bits per heavy atom. The molecule has 0 aliphatic carbocycles. The van der Waals surface area contributed by atoms with Crippen LogP contribution in [0.1, 0.15) is 54.1 Å². The number of phenols is 1. The summed E-state index contributed by atoms with van der Waals surface area (Å²) in [5.74, 6) is -0.532. The van der Waals surface area contributed by atoms with E-state index in [9.17, 15) is 18.3 Å². The van der Waals surface area contributed by atoms with Crippen molar-refractivity contribution in [2.75, 3.05) is 6.61 Å². The lowest BCUT2D eigenvalue weighted by Gasteiger charge is -2.24. The maximum atomic E-state index is 13.6. The van der Waals surface area contributed by atoms with Gasteiger partial charge in [-0.25, -0.2) is 15.8 Å². The van der Waals surface area contributed by atoms with E-state index in [0.29, 0.717) is 35.0 Å². The third kappa shape index (κ3) is 4.11. The lowest BCUT2D eigenvalue weighted by Crippen LogP contribution is -2.43. The molecule has 28 heavy (non-hydrogen) atoms. The number of halogens is 3. The third-order valence-electron chi connectivity index (χ3n) is 4.83. The molecule has 0 bridgehead atoms. The summed E-state index contributed by atoms with van der Waals surface area (Å²) in [7, 11) is 0. The first kappa shape index (κ1) is 20.9. The second-order valence-corrected chi connectivity index (χ2v) is 7.89.